The van der Waals surface area contributed by atoms with Crippen LogP contribution in [0.4, 0.5) is 5.69 Å². The summed E-state index contributed by atoms with van der Waals surface area (Å²) in [5.74, 6) is -1.30. The highest BCUT2D eigenvalue weighted by molar-refractivity contribution is 7.92. The number of hydrogen-bond donors (Lipinski definition) is 1. The van der Waals surface area contributed by atoms with Crippen molar-refractivity contribution in [2.24, 2.45) is 0 Å². The second kappa shape index (κ2) is 5.46. The Hall–Kier alpha value is -2.34. The number of benzene rings is 2. The number of anilines is 1. The van der Waals surface area contributed by atoms with Gasteiger partial charge in [0.15, 0.2) is 0 Å². The standard InChI is InChI=1S/C16H15NO4S/c18-16(19)12-4-7-14(8-5-12)17-22(20,21)15-9-6-11-2-1-3-13(11)10-15/h4-10,17H,1-3H2,(H,18,19)/p-1. The minimum atomic E-state index is -3.68. The third-order valence-electron chi connectivity index (χ3n) is 3.75. The van der Waals surface area contributed by atoms with Crippen LogP contribution >= 0.6 is 0 Å². The Morgan fingerprint density at radius 2 is 1.68 bits per heavy atom. The van der Waals surface area contributed by atoms with Gasteiger partial charge >= 0.3 is 0 Å². The smallest absolute Gasteiger partial charge is 0.261 e. The summed E-state index contributed by atoms with van der Waals surface area (Å²) >= 11 is 0. The lowest BCUT2D eigenvalue weighted by atomic mass is 10.1. The van der Waals surface area contributed by atoms with Crippen molar-refractivity contribution in [2.45, 2.75) is 24.2 Å². The average molecular weight is 316 g/mol. The van der Waals surface area contributed by atoms with E-state index in [-0.39, 0.29) is 10.5 Å². The van der Waals surface area contributed by atoms with Gasteiger partial charge < -0.3 is 9.90 Å². The highest BCUT2D eigenvalue weighted by Gasteiger charge is 2.18. The molecule has 22 heavy (non-hydrogen) atoms. The Morgan fingerprint density at radius 1 is 1.00 bits per heavy atom. The van der Waals surface area contributed by atoms with E-state index in [1.807, 2.05) is 6.07 Å². The first-order chi connectivity index (χ1) is 10.5. The number of fused-ring (bicyclic) bond motifs is 1. The van der Waals surface area contributed by atoms with Crippen LogP contribution in [0, 0.1) is 0 Å². The van der Waals surface area contributed by atoms with E-state index in [9.17, 15) is 18.3 Å². The van der Waals surface area contributed by atoms with Gasteiger partial charge in [-0.25, -0.2) is 8.42 Å². The number of rotatable bonds is 4. The van der Waals surface area contributed by atoms with Gasteiger partial charge in [-0.3, -0.25) is 4.72 Å². The van der Waals surface area contributed by atoms with Crippen molar-refractivity contribution in [2.75, 3.05) is 4.72 Å². The van der Waals surface area contributed by atoms with Crippen LogP contribution in [0.5, 0.6) is 0 Å². The fourth-order valence-corrected chi connectivity index (χ4v) is 3.71. The van der Waals surface area contributed by atoms with Crippen LogP contribution in [0.3, 0.4) is 0 Å². The largest absolute Gasteiger partial charge is 0.545 e. The third kappa shape index (κ3) is 2.82. The molecule has 0 aromatic heterocycles. The van der Waals surface area contributed by atoms with Crippen molar-refractivity contribution in [3.05, 3.63) is 59.2 Å². The molecule has 3 rings (SSSR count). The first kappa shape index (κ1) is 14.6. The number of hydrogen-bond acceptors (Lipinski definition) is 4. The fraction of sp³-hybridized carbons (Fsp3) is 0.188. The fourth-order valence-electron chi connectivity index (χ4n) is 2.60. The number of carboxylic acids is 1. The molecule has 1 aliphatic carbocycles. The van der Waals surface area contributed by atoms with Crippen molar-refractivity contribution < 1.29 is 18.3 Å². The molecule has 0 heterocycles. The molecule has 1 N–H and O–H groups in total. The summed E-state index contributed by atoms with van der Waals surface area (Å²) in [4.78, 5) is 10.9. The highest BCUT2D eigenvalue weighted by atomic mass is 32.2. The quantitative estimate of drug-likeness (QED) is 0.922. The zero-order valence-electron chi connectivity index (χ0n) is 11.7. The molecule has 2 aromatic rings. The summed E-state index contributed by atoms with van der Waals surface area (Å²) in [6, 6.07) is 10.6. The molecule has 114 valence electrons. The number of aromatic carboxylic acids is 1. The van der Waals surface area contributed by atoms with Crippen LogP contribution < -0.4 is 9.83 Å². The minimum Gasteiger partial charge on any atom is -0.545 e. The molecule has 0 atom stereocenters. The molecule has 2 aromatic carbocycles. The summed E-state index contributed by atoms with van der Waals surface area (Å²) < 4.78 is 27.2. The molecule has 5 nitrogen and oxygen atoms in total. The van der Waals surface area contributed by atoms with E-state index < -0.39 is 16.0 Å². The van der Waals surface area contributed by atoms with Gasteiger partial charge in [0, 0.05) is 5.69 Å². The van der Waals surface area contributed by atoms with Gasteiger partial charge in [0.05, 0.1) is 10.9 Å². The molecule has 0 unspecified atom stereocenters. The monoisotopic (exact) mass is 316 g/mol. The van der Waals surface area contributed by atoms with Gasteiger partial charge in [0.1, 0.15) is 0 Å². The van der Waals surface area contributed by atoms with Crippen molar-refractivity contribution in [3.8, 4) is 0 Å². The molecular weight excluding hydrogens is 302 g/mol. The van der Waals surface area contributed by atoms with E-state index in [1.54, 1.807) is 12.1 Å². The number of sulfonamides is 1. The SMILES string of the molecule is O=C([O-])c1ccc(NS(=O)(=O)c2ccc3c(c2)CCC3)cc1. The van der Waals surface area contributed by atoms with E-state index in [1.165, 1.54) is 29.8 Å². The highest BCUT2D eigenvalue weighted by Crippen LogP contribution is 2.25. The van der Waals surface area contributed by atoms with E-state index in [2.05, 4.69) is 4.72 Å². The van der Waals surface area contributed by atoms with Gasteiger partial charge in [-0.15, -0.1) is 0 Å². The summed E-state index contributed by atoms with van der Waals surface area (Å²) in [6.45, 7) is 0. The van der Waals surface area contributed by atoms with Crippen LogP contribution in [0.25, 0.3) is 0 Å². The zero-order valence-corrected chi connectivity index (χ0v) is 12.5. The van der Waals surface area contributed by atoms with E-state index in [0.717, 1.165) is 24.8 Å². The van der Waals surface area contributed by atoms with Gasteiger partial charge in [-0.05, 0) is 60.2 Å². The molecule has 6 heteroatoms. The van der Waals surface area contributed by atoms with Gasteiger partial charge in [-0.1, -0.05) is 18.2 Å². The number of carbonyl (C=O) groups excluding carboxylic acids is 1. The molecule has 0 fully saturated rings. The summed E-state index contributed by atoms with van der Waals surface area (Å²) in [7, 11) is -3.68. The van der Waals surface area contributed by atoms with Gasteiger partial charge in [0.25, 0.3) is 10.0 Å². The Kier molecular flexibility index (Phi) is 3.62. The Labute approximate surface area is 128 Å². The number of carbonyl (C=O) groups is 1. The maximum Gasteiger partial charge on any atom is 0.261 e. The zero-order chi connectivity index (χ0) is 15.7. The van der Waals surface area contributed by atoms with Crippen LogP contribution in [0.2, 0.25) is 0 Å². The summed E-state index contributed by atoms with van der Waals surface area (Å²) in [5, 5.41) is 10.7. The maximum absolute atomic E-state index is 12.4. The van der Waals surface area contributed by atoms with Gasteiger partial charge in [0.2, 0.25) is 0 Å². The van der Waals surface area contributed by atoms with Crippen molar-refractivity contribution >= 4 is 21.7 Å². The first-order valence-electron chi connectivity index (χ1n) is 6.92. The van der Waals surface area contributed by atoms with Crippen LogP contribution in [0.15, 0.2) is 47.4 Å². The maximum atomic E-state index is 12.4. The van der Waals surface area contributed by atoms with E-state index >= 15 is 0 Å². The van der Waals surface area contributed by atoms with E-state index in [0.29, 0.717) is 5.69 Å². The second-order valence-electron chi connectivity index (χ2n) is 5.25. The lowest BCUT2D eigenvalue weighted by molar-refractivity contribution is -0.255. The summed E-state index contributed by atoms with van der Waals surface area (Å²) in [6.07, 6.45) is 2.95. The lowest BCUT2D eigenvalue weighted by Gasteiger charge is -2.10. The first-order valence-corrected chi connectivity index (χ1v) is 8.40. The topological polar surface area (TPSA) is 86.3 Å². The number of carboxylic acid groups (broad SMARTS) is 1. The second-order valence-corrected chi connectivity index (χ2v) is 6.94. The van der Waals surface area contributed by atoms with Gasteiger partial charge in [-0.2, -0.15) is 0 Å². The van der Waals surface area contributed by atoms with Crippen LogP contribution in [-0.2, 0) is 22.9 Å². The number of nitrogens with one attached hydrogen (secondary N) is 1. The molecule has 0 saturated carbocycles. The molecule has 0 spiro atoms. The average Bonchev–Trinajstić information content (AvgIpc) is 2.94. The van der Waals surface area contributed by atoms with Crippen molar-refractivity contribution in [1.82, 2.24) is 0 Å². The van der Waals surface area contributed by atoms with Crippen LogP contribution in [-0.4, -0.2) is 14.4 Å². The minimum absolute atomic E-state index is 0.000443. The van der Waals surface area contributed by atoms with Crippen molar-refractivity contribution in [3.63, 3.8) is 0 Å². The predicted molar refractivity (Wildman–Crippen MR) is 80.0 cm³/mol. The predicted octanol–water partition coefficient (Wildman–Crippen LogP) is 1.34. The molecule has 0 radical (unpaired) electrons. The Morgan fingerprint density at radius 3 is 2.36 bits per heavy atom. The molecule has 1 aliphatic rings. The molecule has 0 amide bonds. The van der Waals surface area contributed by atoms with Crippen LogP contribution in [0.1, 0.15) is 27.9 Å². The normalized spacial score (nSPS) is 13.6. The summed E-state index contributed by atoms with van der Waals surface area (Å²) in [5.41, 5.74) is 2.60. The Balaban J connectivity index is 1.85. The number of aryl methyl sites for hydroxylation is 2. The molecule has 0 bridgehead atoms. The molecule has 0 aliphatic heterocycles. The van der Waals surface area contributed by atoms with E-state index in [4.69, 9.17) is 0 Å². The lowest BCUT2D eigenvalue weighted by Crippen LogP contribution is -2.22. The molecule has 0 saturated heterocycles. The van der Waals surface area contributed by atoms with Crippen molar-refractivity contribution in [1.29, 1.82) is 0 Å². The Bertz CT molecular complexity index is 826. The third-order valence-corrected chi connectivity index (χ3v) is 5.13. The molecular formula is C16H14NO4S-.